The molecule has 1 aromatic rings. The molecule has 114 valence electrons. The fourth-order valence-corrected chi connectivity index (χ4v) is 3.63. The van der Waals surface area contributed by atoms with E-state index in [0.717, 1.165) is 18.0 Å². The van der Waals surface area contributed by atoms with Gasteiger partial charge in [0, 0.05) is 6.54 Å². The van der Waals surface area contributed by atoms with E-state index in [1.54, 1.807) is 13.3 Å². The van der Waals surface area contributed by atoms with Crippen molar-refractivity contribution in [2.45, 2.75) is 59.0 Å². The minimum absolute atomic E-state index is 0.0858. The summed E-state index contributed by atoms with van der Waals surface area (Å²) >= 11 is 0. The zero-order valence-electron chi connectivity index (χ0n) is 13.1. The van der Waals surface area contributed by atoms with E-state index in [2.05, 4.69) is 31.3 Å². The van der Waals surface area contributed by atoms with Crippen LogP contribution in [0.3, 0.4) is 0 Å². The Morgan fingerprint density at radius 3 is 2.85 bits per heavy atom. The summed E-state index contributed by atoms with van der Waals surface area (Å²) in [5, 5.41) is 4.41. The van der Waals surface area contributed by atoms with Gasteiger partial charge in [0.2, 0.25) is 0 Å². The molecule has 0 aliphatic heterocycles. The summed E-state index contributed by atoms with van der Waals surface area (Å²) in [5.74, 6) is 7.24. The Morgan fingerprint density at radius 2 is 2.30 bits per heavy atom. The standard InChI is InChI=1S/C15H28N4O/c1-5-19-14(12(20-4)10-17-19)13(18-16)11-8-6-7-9-15(11,2)3/h10-11,13,18H,5-9,16H2,1-4H3. The number of methoxy groups -OCH3 is 1. The summed E-state index contributed by atoms with van der Waals surface area (Å²) in [6, 6.07) is 0.0858. The van der Waals surface area contributed by atoms with Gasteiger partial charge in [-0.25, -0.2) is 0 Å². The highest BCUT2D eigenvalue weighted by atomic mass is 16.5. The monoisotopic (exact) mass is 280 g/mol. The van der Waals surface area contributed by atoms with Gasteiger partial charge >= 0.3 is 0 Å². The Bertz CT molecular complexity index is 420. The highest BCUT2D eigenvalue weighted by Gasteiger charge is 2.40. The first-order valence-electron chi connectivity index (χ1n) is 7.61. The number of ether oxygens (including phenoxy) is 1. The largest absolute Gasteiger partial charge is 0.493 e. The van der Waals surface area contributed by atoms with Gasteiger partial charge < -0.3 is 4.74 Å². The van der Waals surface area contributed by atoms with Gasteiger partial charge in [-0.15, -0.1) is 0 Å². The van der Waals surface area contributed by atoms with E-state index in [9.17, 15) is 0 Å². The molecule has 5 heteroatoms. The van der Waals surface area contributed by atoms with Crippen molar-refractivity contribution in [3.05, 3.63) is 11.9 Å². The van der Waals surface area contributed by atoms with Crippen molar-refractivity contribution < 1.29 is 4.74 Å². The molecule has 1 aliphatic carbocycles. The summed E-state index contributed by atoms with van der Waals surface area (Å²) in [7, 11) is 1.69. The van der Waals surface area contributed by atoms with Gasteiger partial charge in [0.25, 0.3) is 0 Å². The predicted octanol–water partition coefficient (Wildman–Crippen LogP) is 2.63. The van der Waals surface area contributed by atoms with Crippen molar-refractivity contribution in [1.82, 2.24) is 15.2 Å². The van der Waals surface area contributed by atoms with Crippen LogP contribution in [0, 0.1) is 11.3 Å². The Labute approximate surface area is 121 Å². The highest BCUT2D eigenvalue weighted by molar-refractivity contribution is 5.29. The summed E-state index contributed by atoms with van der Waals surface area (Å²) in [6.45, 7) is 7.61. The second-order valence-corrected chi connectivity index (χ2v) is 6.40. The second kappa shape index (κ2) is 6.14. The number of nitrogens with zero attached hydrogens (tertiary/aromatic N) is 2. The maximum Gasteiger partial charge on any atom is 0.161 e. The van der Waals surface area contributed by atoms with Crippen molar-refractivity contribution in [2.75, 3.05) is 7.11 Å². The molecule has 0 aromatic carbocycles. The van der Waals surface area contributed by atoms with Gasteiger partial charge in [0.05, 0.1) is 25.0 Å². The van der Waals surface area contributed by atoms with Gasteiger partial charge in [-0.2, -0.15) is 5.10 Å². The SMILES string of the molecule is CCn1ncc(OC)c1C(NN)C1CCCCC1(C)C. The van der Waals surface area contributed by atoms with Gasteiger partial charge in [-0.1, -0.05) is 26.7 Å². The molecule has 0 bridgehead atoms. The van der Waals surface area contributed by atoms with Crippen LogP contribution in [0.1, 0.15) is 58.2 Å². The fraction of sp³-hybridized carbons (Fsp3) is 0.800. The Balaban J connectivity index is 2.38. The summed E-state index contributed by atoms with van der Waals surface area (Å²) in [4.78, 5) is 0. The molecular formula is C15H28N4O. The van der Waals surface area contributed by atoms with Crippen LogP contribution in [0.5, 0.6) is 5.75 Å². The molecule has 1 saturated carbocycles. The third-order valence-corrected chi connectivity index (χ3v) is 4.83. The summed E-state index contributed by atoms with van der Waals surface area (Å²) < 4.78 is 7.48. The molecule has 5 nitrogen and oxygen atoms in total. The molecule has 1 aliphatic rings. The lowest BCUT2D eigenvalue weighted by Crippen LogP contribution is -2.42. The fourth-order valence-electron chi connectivity index (χ4n) is 3.63. The number of nitrogens with two attached hydrogens (primary N) is 1. The minimum Gasteiger partial charge on any atom is -0.493 e. The van der Waals surface area contributed by atoms with Crippen LogP contribution in [-0.2, 0) is 6.54 Å². The topological polar surface area (TPSA) is 65.1 Å². The molecule has 1 aromatic heterocycles. The molecule has 1 fully saturated rings. The van der Waals surface area contributed by atoms with Crippen LogP contribution in [0.15, 0.2) is 6.20 Å². The number of hydrogen-bond acceptors (Lipinski definition) is 4. The smallest absolute Gasteiger partial charge is 0.161 e. The highest BCUT2D eigenvalue weighted by Crippen LogP contribution is 2.47. The van der Waals surface area contributed by atoms with Gasteiger partial charge in [-0.3, -0.25) is 16.0 Å². The van der Waals surface area contributed by atoms with E-state index < -0.39 is 0 Å². The van der Waals surface area contributed by atoms with Crippen LogP contribution in [-0.4, -0.2) is 16.9 Å². The van der Waals surface area contributed by atoms with Gasteiger partial charge in [0.15, 0.2) is 5.75 Å². The van der Waals surface area contributed by atoms with E-state index in [-0.39, 0.29) is 11.5 Å². The minimum atomic E-state index is 0.0858. The third-order valence-electron chi connectivity index (χ3n) is 4.83. The Hall–Kier alpha value is -1.07. The van der Waals surface area contributed by atoms with Crippen LogP contribution in [0.25, 0.3) is 0 Å². The second-order valence-electron chi connectivity index (χ2n) is 6.40. The van der Waals surface area contributed by atoms with Crippen LogP contribution >= 0.6 is 0 Å². The first kappa shape index (κ1) is 15.3. The number of rotatable bonds is 5. The average Bonchev–Trinajstić information content (AvgIpc) is 2.84. The molecule has 0 spiro atoms. The zero-order chi connectivity index (χ0) is 14.8. The van der Waals surface area contributed by atoms with Crippen LogP contribution in [0.4, 0.5) is 0 Å². The van der Waals surface area contributed by atoms with E-state index >= 15 is 0 Å². The number of nitrogens with one attached hydrogen (secondary N) is 1. The molecule has 3 N–H and O–H groups in total. The molecule has 0 radical (unpaired) electrons. The van der Waals surface area contributed by atoms with E-state index in [1.165, 1.54) is 25.7 Å². The normalized spacial score (nSPS) is 23.6. The first-order valence-corrected chi connectivity index (χ1v) is 7.61. The van der Waals surface area contributed by atoms with E-state index in [4.69, 9.17) is 10.6 Å². The molecular weight excluding hydrogens is 252 g/mol. The molecule has 0 saturated heterocycles. The maximum absolute atomic E-state index is 5.92. The zero-order valence-corrected chi connectivity index (χ0v) is 13.1. The lowest BCUT2D eigenvalue weighted by atomic mass is 9.65. The third kappa shape index (κ3) is 2.69. The number of aryl methyl sites for hydroxylation is 1. The lowest BCUT2D eigenvalue weighted by molar-refractivity contribution is 0.0936. The van der Waals surface area contributed by atoms with Gasteiger partial charge in [0.1, 0.15) is 0 Å². The van der Waals surface area contributed by atoms with E-state index in [1.807, 2.05) is 4.68 Å². The van der Waals surface area contributed by atoms with Crippen molar-refractivity contribution in [3.8, 4) is 5.75 Å². The average molecular weight is 280 g/mol. The van der Waals surface area contributed by atoms with Crippen LogP contribution in [0.2, 0.25) is 0 Å². The van der Waals surface area contributed by atoms with E-state index in [0.29, 0.717) is 5.92 Å². The Morgan fingerprint density at radius 1 is 1.55 bits per heavy atom. The Kier molecular flexibility index (Phi) is 4.70. The quantitative estimate of drug-likeness (QED) is 0.643. The summed E-state index contributed by atoms with van der Waals surface area (Å²) in [5.41, 5.74) is 4.40. The maximum atomic E-state index is 5.92. The molecule has 2 rings (SSSR count). The van der Waals surface area contributed by atoms with Gasteiger partial charge in [-0.05, 0) is 31.1 Å². The number of hydrogen-bond donors (Lipinski definition) is 2. The van der Waals surface area contributed by atoms with Crippen molar-refractivity contribution in [2.24, 2.45) is 17.2 Å². The lowest BCUT2D eigenvalue weighted by Gasteiger charge is -2.43. The first-order chi connectivity index (χ1) is 9.55. The number of hydrazine groups is 1. The van der Waals surface area contributed by atoms with Crippen LogP contribution < -0.4 is 16.0 Å². The molecule has 1 heterocycles. The van der Waals surface area contributed by atoms with Crippen molar-refractivity contribution >= 4 is 0 Å². The van der Waals surface area contributed by atoms with Crippen molar-refractivity contribution in [3.63, 3.8) is 0 Å². The molecule has 20 heavy (non-hydrogen) atoms. The molecule has 2 unspecified atom stereocenters. The summed E-state index contributed by atoms with van der Waals surface area (Å²) in [6.07, 6.45) is 6.82. The number of aromatic nitrogens is 2. The molecule has 0 amide bonds. The predicted molar refractivity (Wildman–Crippen MR) is 80.3 cm³/mol. The molecule has 2 atom stereocenters. The van der Waals surface area contributed by atoms with Crippen molar-refractivity contribution in [1.29, 1.82) is 0 Å².